The van der Waals surface area contributed by atoms with Gasteiger partial charge in [-0.25, -0.2) is 4.98 Å². The predicted octanol–water partition coefficient (Wildman–Crippen LogP) is 4.55. The van der Waals surface area contributed by atoms with Crippen LogP contribution in [0.2, 0.25) is 5.02 Å². The average Bonchev–Trinajstić information content (AvgIpc) is 2.83. The molecule has 0 bridgehead atoms. The Labute approximate surface area is 138 Å². The third-order valence-electron chi connectivity index (χ3n) is 2.81. The lowest BCUT2D eigenvalue weighted by molar-refractivity contribution is 0.102. The highest BCUT2D eigenvalue weighted by molar-refractivity contribution is 9.10. The first-order valence-electron chi connectivity index (χ1n) is 5.95. The van der Waals surface area contributed by atoms with Crippen LogP contribution >= 0.6 is 38.9 Å². The summed E-state index contributed by atoms with van der Waals surface area (Å²) in [6.07, 6.45) is 0. The number of halogens is 2. The maximum Gasteiger partial charge on any atom is 0.257 e. The van der Waals surface area contributed by atoms with Crippen LogP contribution in [-0.4, -0.2) is 10.9 Å². The van der Waals surface area contributed by atoms with Crippen molar-refractivity contribution in [3.63, 3.8) is 0 Å². The lowest BCUT2D eigenvalue weighted by Crippen LogP contribution is -2.11. The highest BCUT2D eigenvalue weighted by Gasteiger charge is 2.11. The van der Waals surface area contributed by atoms with Gasteiger partial charge in [-0.05, 0) is 52.3 Å². The quantitative estimate of drug-likeness (QED) is 0.639. The average molecular weight is 383 g/mol. The molecule has 3 rings (SSSR count). The molecule has 1 heterocycles. The molecule has 0 atom stereocenters. The van der Waals surface area contributed by atoms with Gasteiger partial charge in [-0.1, -0.05) is 22.9 Å². The summed E-state index contributed by atoms with van der Waals surface area (Å²) < 4.78 is 1.68. The molecule has 2 aromatic carbocycles. The number of benzene rings is 2. The van der Waals surface area contributed by atoms with Gasteiger partial charge in [0, 0.05) is 15.7 Å². The van der Waals surface area contributed by atoms with Gasteiger partial charge in [0.1, 0.15) is 0 Å². The first-order chi connectivity index (χ1) is 10.0. The molecule has 7 heteroatoms. The molecule has 3 aromatic rings. The molecule has 106 valence electrons. The van der Waals surface area contributed by atoms with Gasteiger partial charge >= 0.3 is 0 Å². The fourth-order valence-corrected chi connectivity index (χ4v) is 3.14. The van der Waals surface area contributed by atoms with Gasteiger partial charge < -0.3 is 5.73 Å². The number of nitrogens with zero attached hydrogens (tertiary/aromatic N) is 1. The minimum Gasteiger partial charge on any atom is -0.399 e. The van der Waals surface area contributed by atoms with E-state index < -0.39 is 0 Å². The van der Waals surface area contributed by atoms with E-state index in [1.807, 2.05) is 12.1 Å². The zero-order valence-corrected chi connectivity index (χ0v) is 13.7. The highest BCUT2D eigenvalue weighted by Crippen LogP contribution is 2.28. The predicted molar refractivity (Wildman–Crippen MR) is 91.1 cm³/mol. The van der Waals surface area contributed by atoms with Crippen molar-refractivity contribution >= 4 is 65.8 Å². The van der Waals surface area contributed by atoms with Gasteiger partial charge in [0.2, 0.25) is 0 Å². The summed E-state index contributed by atoms with van der Waals surface area (Å²) in [6.45, 7) is 0. The third kappa shape index (κ3) is 3.02. The molecule has 0 spiro atoms. The van der Waals surface area contributed by atoms with Crippen molar-refractivity contribution in [1.29, 1.82) is 0 Å². The van der Waals surface area contributed by atoms with Crippen LogP contribution in [0.5, 0.6) is 0 Å². The van der Waals surface area contributed by atoms with Crippen LogP contribution < -0.4 is 11.1 Å². The molecule has 1 aromatic heterocycles. The molecule has 0 aliphatic rings. The number of hydrogen-bond donors (Lipinski definition) is 2. The van der Waals surface area contributed by atoms with Crippen molar-refractivity contribution in [2.45, 2.75) is 0 Å². The van der Waals surface area contributed by atoms with E-state index in [4.69, 9.17) is 17.3 Å². The van der Waals surface area contributed by atoms with Crippen LogP contribution in [0.4, 0.5) is 10.8 Å². The SMILES string of the molecule is Nc1ccc2nc(NC(=O)c3ccc(Br)c(Cl)c3)sc2c1. The van der Waals surface area contributed by atoms with Gasteiger partial charge in [-0.2, -0.15) is 0 Å². The number of fused-ring (bicyclic) bond motifs is 1. The summed E-state index contributed by atoms with van der Waals surface area (Å²) in [4.78, 5) is 16.5. The number of carbonyl (C=O) groups is 1. The van der Waals surface area contributed by atoms with E-state index in [-0.39, 0.29) is 5.91 Å². The summed E-state index contributed by atoms with van der Waals surface area (Å²) in [5.74, 6) is -0.253. The highest BCUT2D eigenvalue weighted by atomic mass is 79.9. The van der Waals surface area contributed by atoms with Gasteiger partial charge in [0.05, 0.1) is 15.2 Å². The zero-order chi connectivity index (χ0) is 15.0. The summed E-state index contributed by atoms with van der Waals surface area (Å²) in [7, 11) is 0. The van der Waals surface area contributed by atoms with E-state index in [9.17, 15) is 4.79 Å². The number of nitrogens with two attached hydrogens (primary N) is 1. The number of thiazole rings is 1. The minimum atomic E-state index is -0.253. The molecule has 0 aliphatic heterocycles. The second-order valence-electron chi connectivity index (χ2n) is 4.33. The monoisotopic (exact) mass is 381 g/mol. The van der Waals surface area contributed by atoms with Crippen LogP contribution in [0.15, 0.2) is 40.9 Å². The standard InChI is InChI=1S/C14H9BrClN3OS/c15-9-3-1-7(5-10(9)16)13(20)19-14-18-11-4-2-8(17)6-12(11)21-14/h1-6H,17H2,(H,18,19,20). The van der Waals surface area contributed by atoms with E-state index in [0.717, 1.165) is 14.7 Å². The van der Waals surface area contributed by atoms with Crippen molar-refractivity contribution < 1.29 is 4.79 Å². The number of rotatable bonds is 2. The normalized spacial score (nSPS) is 10.8. The van der Waals surface area contributed by atoms with Gasteiger partial charge in [0.15, 0.2) is 5.13 Å². The first kappa shape index (κ1) is 14.3. The molecule has 21 heavy (non-hydrogen) atoms. The zero-order valence-electron chi connectivity index (χ0n) is 10.6. The Morgan fingerprint density at radius 1 is 1.29 bits per heavy atom. The maximum atomic E-state index is 12.2. The van der Waals surface area contributed by atoms with Crippen molar-refractivity contribution in [1.82, 2.24) is 4.98 Å². The molecule has 0 saturated heterocycles. The first-order valence-corrected chi connectivity index (χ1v) is 7.94. The molecule has 1 amide bonds. The van der Waals surface area contributed by atoms with Gasteiger partial charge in [-0.15, -0.1) is 0 Å². The van der Waals surface area contributed by atoms with Crippen molar-refractivity contribution in [3.05, 3.63) is 51.5 Å². The number of aromatic nitrogens is 1. The lowest BCUT2D eigenvalue weighted by Gasteiger charge is -2.03. The molecule has 0 saturated carbocycles. The fourth-order valence-electron chi connectivity index (χ4n) is 1.80. The molecule has 3 N–H and O–H groups in total. The summed E-state index contributed by atoms with van der Waals surface area (Å²) in [6, 6.07) is 10.5. The third-order valence-corrected chi connectivity index (χ3v) is 4.98. The topological polar surface area (TPSA) is 68.0 Å². The minimum absolute atomic E-state index is 0.253. The van der Waals surface area contributed by atoms with E-state index in [2.05, 4.69) is 26.2 Å². The number of amides is 1. The fraction of sp³-hybridized carbons (Fsp3) is 0. The lowest BCUT2D eigenvalue weighted by atomic mass is 10.2. The van der Waals surface area contributed by atoms with Gasteiger partial charge in [-0.3, -0.25) is 10.1 Å². The molecule has 0 radical (unpaired) electrons. The Hall–Kier alpha value is -1.63. The number of hydrogen-bond acceptors (Lipinski definition) is 4. The summed E-state index contributed by atoms with van der Waals surface area (Å²) >= 11 is 10.7. The second-order valence-corrected chi connectivity index (χ2v) is 6.62. The smallest absolute Gasteiger partial charge is 0.257 e. The van der Waals surface area contributed by atoms with E-state index in [1.165, 1.54) is 11.3 Å². The largest absolute Gasteiger partial charge is 0.399 e. The number of nitrogens with one attached hydrogen (secondary N) is 1. The molecule has 0 fully saturated rings. The van der Waals surface area contributed by atoms with Crippen LogP contribution in [0.1, 0.15) is 10.4 Å². The maximum absolute atomic E-state index is 12.2. The summed E-state index contributed by atoms with van der Waals surface area (Å²) in [5, 5.41) is 3.78. The number of nitrogen functional groups attached to an aromatic ring is 1. The Morgan fingerprint density at radius 2 is 2.10 bits per heavy atom. The van der Waals surface area contributed by atoms with E-state index in [0.29, 0.717) is 21.4 Å². The van der Waals surface area contributed by atoms with Crippen LogP contribution in [-0.2, 0) is 0 Å². The molecular formula is C14H9BrClN3OS. The Bertz CT molecular complexity index is 849. The molecule has 0 unspecified atom stereocenters. The van der Waals surface area contributed by atoms with Crippen LogP contribution in [0.25, 0.3) is 10.2 Å². The van der Waals surface area contributed by atoms with Crippen LogP contribution in [0.3, 0.4) is 0 Å². The Balaban J connectivity index is 1.87. The van der Waals surface area contributed by atoms with Crippen molar-refractivity contribution in [3.8, 4) is 0 Å². The second kappa shape index (κ2) is 5.63. The Kier molecular flexibility index (Phi) is 3.84. The van der Waals surface area contributed by atoms with Crippen molar-refractivity contribution in [2.75, 3.05) is 11.1 Å². The van der Waals surface area contributed by atoms with E-state index in [1.54, 1.807) is 24.3 Å². The number of carbonyl (C=O) groups excluding carboxylic acids is 1. The van der Waals surface area contributed by atoms with Gasteiger partial charge in [0.25, 0.3) is 5.91 Å². The van der Waals surface area contributed by atoms with Crippen LogP contribution in [0, 0.1) is 0 Å². The molecule has 4 nitrogen and oxygen atoms in total. The summed E-state index contributed by atoms with van der Waals surface area (Å²) in [5.41, 5.74) is 7.68. The number of anilines is 2. The van der Waals surface area contributed by atoms with E-state index >= 15 is 0 Å². The van der Waals surface area contributed by atoms with Crippen molar-refractivity contribution in [2.24, 2.45) is 0 Å². The Morgan fingerprint density at radius 3 is 2.86 bits per heavy atom. The molecular weight excluding hydrogens is 374 g/mol. The molecule has 0 aliphatic carbocycles.